The third kappa shape index (κ3) is 8.02. The normalized spacial score (nSPS) is 15.3. The molecule has 0 aliphatic heterocycles. The molecule has 0 heterocycles. The Morgan fingerprint density at radius 1 is 1.00 bits per heavy atom. The SMILES string of the molecule is C=CC[C@H](C(=O)O)[C@@H](CC(C)C)C(=O)NC(C(=O)NC(C)C)C(C)(C)C. The minimum absolute atomic E-state index is 0.0525. The van der Waals surface area contributed by atoms with E-state index in [4.69, 9.17) is 0 Å². The molecular formula is C20H36N2O4. The molecule has 0 radical (unpaired) electrons. The highest BCUT2D eigenvalue weighted by Gasteiger charge is 2.38. The van der Waals surface area contributed by atoms with Gasteiger partial charge in [-0.15, -0.1) is 6.58 Å². The molecule has 0 saturated heterocycles. The van der Waals surface area contributed by atoms with Crippen molar-refractivity contribution >= 4 is 17.8 Å². The number of carboxylic acids is 1. The van der Waals surface area contributed by atoms with Gasteiger partial charge in [0.2, 0.25) is 11.8 Å². The quantitative estimate of drug-likeness (QED) is 0.517. The number of carboxylic acid groups (broad SMARTS) is 1. The lowest BCUT2D eigenvalue weighted by molar-refractivity contribution is -0.148. The van der Waals surface area contributed by atoms with E-state index in [-0.39, 0.29) is 24.3 Å². The van der Waals surface area contributed by atoms with Crippen LogP contribution in [0.2, 0.25) is 0 Å². The Bertz CT molecular complexity index is 506. The van der Waals surface area contributed by atoms with Crippen molar-refractivity contribution < 1.29 is 19.5 Å². The van der Waals surface area contributed by atoms with Gasteiger partial charge in [-0.2, -0.15) is 0 Å². The molecule has 3 atom stereocenters. The number of amides is 2. The zero-order valence-corrected chi connectivity index (χ0v) is 17.3. The van der Waals surface area contributed by atoms with Crippen molar-refractivity contribution in [2.24, 2.45) is 23.2 Å². The van der Waals surface area contributed by atoms with Gasteiger partial charge in [0.15, 0.2) is 0 Å². The maximum absolute atomic E-state index is 13.0. The van der Waals surface area contributed by atoms with E-state index < -0.39 is 35.2 Å². The summed E-state index contributed by atoms with van der Waals surface area (Å²) >= 11 is 0. The Balaban J connectivity index is 5.61. The largest absolute Gasteiger partial charge is 0.481 e. The Labute approximate surface area is 157 Å². The second-order valence-electron chi connectivity index (χ2n) is 8.68. The van der Waals surface area contributed by atoms with Gasteiger partial charge in [-0.3, -0.25) is 14.4 Å². The first-order valence-electron chi connectivity index (χ1n) is 9.25. The van der Waals surface area contributed by atoms with Crippen molar-refractivity contribution in [3.05, 3.63) is 12.7 Å². The minimum atomic E-state index is -1.02. The van der Waals surface area contributed by atoms with Gasteiger partial charge in [-0.05, 0) is 38.0 Å². The summed E-state index contributed by atoms with van der Waals surface area (Å²) in [6, 6.07) is -0.798. The number of carbonyl (C=O) groups is 3. The van der Waals surface area contributed by atoms with E-state index >= 15 is 0 Å². The summed E-state index contributed by atoms with van der Waals surface area (Å²) in [6.45, 7) is 16.8. The Morgan fingerprint density at radius 2 is 1.54 bits per heavy atom. The fourth-order valence-electron chi connectivity index (χ4n) is 2.87. The van der Waals surface area contributed by atoms with E-state index in [2.05, 4.69) is 17.2 Å². The summed E-state index contributed by atoms with van der Waals surface area (Å²) in [4.78, 5) is 37.2. The Kier molecular flexibility index (Phi) is 9.60. The highest BCUT2D eigenvalue weighted by Crippen LogP contribution is 2.27. The molecule has 2 amide bonds. The van der Waals surface area contributed by atoms with Crippen LogP contribution in [0, 0.1) is 23.2 Å². The molecule has 0 aromatic heterocycles. The van der Waals surface area contributed by atoms with Gasteiger partial charge in [0, 0.05) is 6.04 Å². The van der Waals surface area contributed by atoms with Crippen LogP contribution in [0.25, 0.3) is 0 Å². The molecule has 0 saturated carbocycles. The van der Waals surface area contributed by atoms with Crippen molar-refractivity contribution in [2.75, 3.05) is 0 Å². The van der Waals surface area contributed by atoms with Crippen LogP contribution < -0.4 is 10.6 Å². The molecule has 0 bridgehead atoms. The van der Waals surface area contributed by atoms with Crippen molar-refractivity contribution in [1.82, 2.24) is 10.6 Å². The standard InChI is InChI=1S/C20H36N2O4/c1-9-10-14(19(25)26)15(11-12(2)3)17(23)22-16(20(6,7)8)18(24)21-13(4)5/h9,12-16H,1,10-11H2,2-8H3,(H,21,24)(H,22,23)(H,25,26)/t14-,15+,16?/m0/s1. The van der Waals surface area contributed by atoms with Crippen LogP contribution in [0.15, 0.2) is 12.7 Å². The summed E-state index contributed by atoms with van der Waals surface area (Å²) in [6.07, 6.45) is 2.16. The van der Waals surface area contributed by atoms with E-state index in [0.717, 1.165) is 0 Å². The summed E-state index contributed by atoms with van der Waals surface area (Å²) in [7, 11) is 0. The van der Waals surface area contributed by atoms with Crippen molar-refractivity contribution in [3.63, 3.8) is 0 Å². The van der Waals surface area contributed by atoms with Gasteiger partial charge in [0.1, 0.15) is 6.04 Å². The smallest absolute Gasteiger partial charge is 0.307 e. The zero-order valence-electron chi connectivity index (χ0n) is 17.3. The fraction of sp³-hybridized carbons (Fsp3) is 0.750. The molecule has 150 valence electrons. The third-order valence-electron chi connectivity index (χ3n) is 4.13. The van der Waals surface area contributed by atoms with Crippen LogP contribution in [0.1, 0.15) is 61.3 Å². The van der Waals surface area contributed by atoms with Crippen LogP contribution in [0.4, 0.5) is 0 Å². The summed E-state index contributed by atoms with van der Waals surface area (Å²) in [5.74, 6) is -3.11. The van der Waals surface area contributed by atoms with Crippen molar-refractivity contribution in [2.45, 2.75) is 73.4 Å². The molecule has 26 heavy (non-hydrogen) atoms. The topological polar surface area (TPSA) is 95.5 Å². The van der Waals surface area contributed by atoms with Crippen molar-refractivity contribution in [1.29, 1.82) is 0 Å². The van der Waals surface area contributed by atoms with Crippen LogP contribution >= 0.6 is 0 Å². The van der Waals surface area contributed by atoms with E-state index in [1.807, 2.05) is 48.5 Å². The lowest BCUT2D eigenvalue weighted by Gasteiger charge is -2.33. The molecule has 0 spiro atoms. The van der Waals surface area contributed by atoms with Crippen LogP contribution in [-0.4, -0.2) is 35.0 Å². The van der Waals surface area contributed by atoms with Crippen LogP contribution in [0.5, 0.6) is 0 Å². The minimum Gasteiger partial charge on any atom is -0.481 e. The highest BCUT2D eigenvalue weighted by atomic mass is 16.4. The molecule has 0 rings (SSSR count). The van der Waals surface area contributed by atoms with Crippen LogP contribution in [0.3, 0.4) is 0 Å². The first-order valence-corrected chi connectivity index (χ1v) is 9.25. The van der Waals surface area contributed by atoms with Gasteiger partial charge in [0.25, 0.3) is 0 Å². The number of hydrogen-bond donors (Lipinski definition) is 3. The van der Waals surface area contributed by atoms with E-state index in [1.165, 1.54) is 6.08 Å². The van der Waals surface area contributed by atoms with Crippen molar-refractivity contribution in [3.8, 4) is 0 Å². The number of rotatable bonds is 10. The van der Waals surface area contributed by atoms with E-state index in [0.29, 0.717) is 6.42 Å². The average Bonchev–Trinajstić information content (AvgIpc) is 2.45. The number of hydrogen-bond acceptors (Lipinski definition) is 3. The van der Waals surface area contributed by atoms with Gasteiger partial charge in [0.05, 0.1) is 11.8 Å². The number of carbonyl (C=O) groups excluding carboxylic acids is 2. The monoisotopic (exact) mass is 368 g/mol. The van der Waals surface area contributed by atoms with Gasteiger partial charge < -0.3 is 15.7 Å². The lowest BCUT2D eigenvalue weighted by atomic mass is 9.81. The van der Waals surface area contributed by atoms with Gasteiger partial charge in [-0.25, -0.2) is 0 Å². The Hall–Kier alpha value is -1.85. The second kappa shape index (κ2) is 10.3. The summed E-state index contributed by atoms with van der Waals surface area (Å²) < 4.78 is 0. The molecular weight excluding hydrogens is 332 g/mol. The van der Waals surface area contributed by atoms with Crippen LogP contribution in [-0.2, 0) is 14.4 Å². The highest BCUT2D eigenvalue weighted by molar-refractivity contribution is 5.91. The molecule has 6 heteroatoms. The molecule has 0 aromatic carbocycles. The average molecular weight is 369 g/mol. The molecule has 1 unspecified atom stereocenters. The van der Waals surface area contributed by atoms with Gasteiger partial charge >= 0.3 is 5.97 Å². The van der Waals surface area contributed by atoms with E-state index in [1.54, 1.807) is 0 Å². The fourth-order valence-corrected chi connectivity index (χ4v) is 2.87. The summed E-state index contributed by atoms with van der Waals surface area (Å²) in [5.41, 5.74) is -0.506. The third-order valence-corrected chi connectivity index (χ3v) is 4.13. The number of aliphatic carboxylic acids is 1. The Morgan fingerprint density at radius 3 is 1.88 bits per heavy atom. The first kappa shape index (κ1) is 24.1. The summed E-state index contributed by atoms with van der Waals surface area (Å²) in [5, 5.41) is 15.2. The van der Waals surface area contributed by atoms with E-state index in [9.17, 15) is 19.5 Å². The number of nitrogens with one attached hydrogen (secondary N) is 2. The predicted molar refractivity (Wildman–Crippen MR) is 104 cm³/mol. The zero-order chi connectivity index (χ0) is 20.7. The molecule has 0 fully saturated rings. The number of allylic oxidation sites excluding steroid dienone is 1. The maximum atomic E-state index is 13.0. The molecule has 0 aliphatic rings. The predicted octanol–water partition coefficient (Wildman–Crippen LogP) is 2.98. The second-order valence-corrected chi connectivity index (χ2v) is 8.68. The molecule has 0 aromatic rings. The molecule has 6 nitrogen and oxygen atoms in total. The lowest BCUT2D eigenvalue weighted by Crippen LogP contribution is -2.56. The molecule has 3 N–H and O–H groups in total. The first-order chi connectivity index (χ1) is 11.8. The maximum Gasteiger partial charge on any atom is 0.307 e. The van der Waals surface area contributed by atoms with Gasteiger partial charge in [-0.1, -0.05) is 40.7 Å². The molecule has 0 aliphatic carbocycles.